The van der Waals surface area contributed by atoms with Gasteiger partial charge in [0, 0.05) is 11.3 Å². The monoisotopic (exact) mass is 308 g/mol. The van der Waals surface area contributed by atoms with Gasteiger partial charge in [-0.1, -0.05) is 44.4 Å². The van der Waals surface area contributed by atoms with Gasteiger partial charge in [-0.15, -0.1) is 10.2 Å². The van der Waals surface area contributed by atoms with Crippen LogP contribution < -0.4 is 5.84 Å². The lowest BCUT2D eigenvalue weighted by atomic mass is 10.2. The molecule has 0 radical (unpaired) electrons. The first kappa shape index (κ1) is 15.8. The lowest BCUT2D eigenvalue weighted by Gasteiger charge is -2.04. The molecule has 2 aromatic rings. The quantitative estimate of drug-likeness (QED) is 0.457. The van der Waals surface area contributed by atoms with Crippen LogP contribution in [-0.2, 0) is 0 Å². The van der Waals surface area contributed by atoms with Crippen molar-refractivity contribution in [3.05, 3.63) is 30.1 Å². The normalized spacial score (nSPS) is 11.0. The minimum atomic E-state index is -0.275. The van der Waals surface area contributed by atoms with Gasteiger partial charge >= 0.3 is 0 Å². The van der Waals surface area contributed by atoms with E-state index in [2.05, 4.69) is 17.1 Å². The minimum absolute atomic E-state index is 0.275. The molecule has 2 rings (SSSR count). The van der Waals surface area contributed by atoms with E-state index in [-0.39, 0.29) is 5.82 Å². The molecule has 1 heterocycles. The molecular formula is C15H21FN4S. The number of nitrogens with two attached hydrogens (primary N) is 1. The summed E-state index contributed by atoms with van der Waals surface area (Å²) in [7, 11) is 0. The molecule has 1 aromatic carbocycles. The van der Waals surface area contributed by atoms with Crippen molar-refractivity contribution < 1.29 is 4.39 Å². The molecule has 114 valence electrons. The fraction of sp³-hybridized carbons (Fsp3) is 0.467. The predicted octanol–water partition coefficient (Wildman–Crippen LogP) is 3.86. The number of aromatic nitrogens is 3. The lowest BCUT2D eigenvalue weighted by Crippen LogP contribution is -2.11. The number of hydrogen-bond donors (Lipinski definition) is 1. The summed E-state index contributed by atoms with van der Waals surface area (Å²) in [4.78, 5) is 0. The smallest absolute Gasteiger partial charge is 0.210 e. The molecule has 0 atom stereocenters. The highest BCUT2D eigenvalue weighted by atomic mass is 32.2. The topological polar surface area (TPSA) is 56.7 Å². The second-order valence-electron chi connectivity index (χ2n) is 4.95. The molecule has 0 spiro atoms. The molecule has 2 N–H and O–H groups in total. The van der Waals surface area contributed by atoms with Crippen molar-refractivity contribution >= 4 is 11.8 Å². The second-order valence-corrected chi connectivity index (χ2v) is 6.01. The standard InChI is InChI=1S/C15H21FN4S/c1-2-3-4-5-6-11-21-15-19-18-14(20(15)17)12-7-9-13(16)10-8-12/h7-10H,2-6,11,17H2,1H3. The fourth-order valence-electron chi connectivity index (χ4n) is 2.04. The van der Waals surface area contributed by atoms with Crippen molar-refractivity contribution in [2.45, 2.75) is 44.2 Å². The summed E-state index contributed by atoms with van der Waals surface area (Å²) in [5, 5.41) is 8.89. The Morgan fingerprint density at radius 2 is 1.81 bits per heavy atom. The van der Waals surface area contributed by atoms with Gasteiger partial charge in [0.05, 0.1) is 0 Å². The second kappa shape index (κ2) is 8.02. The van der Waals surface area contributed by atoms with E-state index in [1.807, 2.05) is 0 Å². The van der Waals surface area contributed by atoms with Crippen molar-refractivity contribution in [2.75, 3.05) is 11.6 Å². The number of nitrogens with zero attached hydrogens (tertiary/aromatic N) is 3. The average Bonchev–Trinajstić information content (AvgIpc) is 2.85. The summed E-state index contributed by atoms with van der Waals surface area (Å²) in [5.41, 5.74) is 0.765. The molecule has 6 heteroatoms. The Balaban J connectivity index is 1.90. The number of rotatable bonds is 8. The highest BCUT2D eigenvalue weighted by molar-refractivity contribution is 7.99. The fourth-order valence-corrected chi connectivity index (χ4v) is 2.90. The van der Waals surface area contributed by atoms with Gasteiger partial charge in [0.15, 0.2) is 5.82 Å². The highest BCUT2D eigenvalue weighted by Gasteiger charge is 2.11. The highest BCUT2D eigenvalue weighted by Crippen LogP contribution is 2.22. The molecule has 21 heavy (non-hydrogen) atoms. The maximum Gasteiger partial charge on any atom is 0.210 e. The van der Waals surface area contributed by atoms with Crippen LogP contribution in [0, 0.1) is 5.82 Å². The maximum absolute atomic E-state index is 12.9. The Kier molecular flexibility index (Phi) is 6.04. The van der Waals surface area contributed by atoms with E-state index < -0.39 is 0 Å². The molecule has 1 aromatic heterocycles. The summed E-state index contributed by atoms with van der Waals surface area (Å²) in [6.07, 6.45) is 6.23. The summed E-state index contributed by atoms with van der Waals surface area (Å²) in [6.45, 7) is 2.21. The van der Waals surface area contributed by atoms with Crippen molar-refractivity contribution in [2.24, 2.45) is 0 Å². The van der Waals surface area contributed by atoms with Crippen LogP contribution in [0.15, 0.2) is 29.4 Å². The zero-order chi connectivity index (χ0) is 15.1. The minimum Gasteiger partial charge on any atom is -0.335 e. The molecule has 0 aliphatic rings. The Hall–Kier alpha value is -1.56. The Labute approximate surface area is 128 Å². The number of halogens is 1. The third-order valence-corrected chi connectivity index (χ3v) is 4.28. The summed E-state index contributed by atoms with van der Waals surface area (Å²) < 4.78 is 14.4. The maximum atomic E-state index is 12.9. The van der Waals surface area contributed by atoms with Gasteiger partial charge in [-0.2, -0.15) is 0 Å². The van der Waals surface area contributed by atoms with Crippen LogP contribution in [-0.4, -0.2) is 20.6 Å². The molecule has 0 fully saturated rings. The van der Waals surface area contributed by atoms with Gasteiger partial charge in [-0.3, -0.25) is 0 Å². The van der Waals surface area contributed by atoms with Crippen LogP contribution in [0.2, 0.25) is 0 Å². The third kappa shape index (κ3) is 4.46. The van der Waals surface area contributed by atoms with Crippen LogP contribution in [0.5, 0.6) is 0 Å². The van der Waals surface area contributed by atoms with Gasteiger partial charge in [-0.25, -0.2) is 9.07 Å². The molecule has 0 amide bonds. The molecular weight excluding hydrogens is 287 g/mol. The van der Waals surface area contributed by atoms with E-state index in [9.17, 15) is 4.39 Å². The van der Waals surface area contributed by atoms with Crippen molar-refractivity contribution in [3.8, 4) is 11.4 Å². The summed E-state index contributed by atoms with van der Waals surface area (Å²) >= 11 is 1.61. The third-order valence-electron chi connectivity index (χ3n) is 3.25. The molecule has 0 saturated heterocycles. The van der Waals surface area contributed by atoms with E-state index >= 15 is 0 Å². The Bertz CT molecular complexity index is 553. The van der Waals surface area contributed by atoms with Gasteiger partial charge < -0.3 is 5.84 Å². The number of thioether (sulfide) groups is 1. The average molecular weight is 308 g/mol. The van der Waals surface area contributed by atoms with Crippen LogP contribution in [0.25, 0.3) is 11.4 Å². The first-order chi connectivity index (χ1) is 10.2. The van der Waals surface area contributed by atoms with Gasteiger partial charge in [0.25, 0.3) is 0 Å². The van der Waals surface area contributed by atoms with Gasteiger partial charge in [0.2, 0.25) is 5.16 Å². The zero-order valence-electron chi connectivity index (χ0n) is 12.3. The number of benzene rings is 1. The molecule has 0 unspecified atom stereocenters. The van der Waals surface area contributed by atoms with Crippen LogP contribution in [0.3, 0.4) is 0 Å². The van der Waals surface area contributed by atoms with E-state index in [0.29, 0.717) is 11.0 Å². The Morgan fingerprint density at radius 1 is 1.10 bits per heavy atom. The van der Waals surface area contributed by atoms with Crippen LogP contribution in [0.1, 0.15) is 39.0 Å². The zero-order valence-corrected chi connectivity index (χ0v) is 13.1. The first-order valence-corrected chi connectivity index (χ1v) is 8.30. The SMILES string of the molecule is CCCCCCCSc1nnc(-c2ccc(F)cc2)n1N. The molecule has 4 nitrogen and oxygen atoms in total. The van der Waals surface area contributed by atoms with Crippen LogP contribution >= 0.6 is 11.8 Å². The number of nitrogen functional groups attached to an aromatic ring is 1. The summed E-state index contributed by atoms with van der Waals surface area (Å²) in [6, 6.07) is 6.10. The predicted molar refractivity (Wildman–Crippen MR) is 85.0 cm³/mol. The largest absolute Gasteiger partial charge is 0.335 e. The molecule has 0 bridgehead atoms. The van der Waals surface area contributed by atoms with Crippen LogP contribution in [0.4, 0.5) is 4.39 Å². The number of unbranched alkanes of at least 4 members (excludes halogenated alkanes) is 4. The van der Waals surface area contributed by atoms with E-state index in [0.717, 1.165) is 17.7 Å². The molecule has 0 aliphatic heterocycles. The van der Waals surface area contributed by atoms with Crippen molar-refractivity contribution in [3.63, 3.8) is 0 Å². The summed E-state index contributed by atoms with van der Waals surface area (Å²) in [5.74, 6) is 7.29. The van der Waals surface area contributed by atoms with Gasteiger partial charge in [0.1, 0.15) is 5.82 Å². The Morgan fingerprint density at radius 3 is 2.52 bits per heavy atom. The van der Waals surface area contributed by atoms with Crippen molar-refractivity contribution in [1.29, 1.82) is 0 Å². The van der Waals surface area contributed by atoms with E-state index in [1.165, 1.54) is 42.5 Å². The lowest BCUT2D eigenvalue weighted by molar-refractivity contribution is 0.628. The molecule has 0 aliphatic carbocycles. The number of hydrogen-bond acceptors (Lipinski definition) is 4. The molecule has 0 saturated carbocycles. The van der Waals surface area contributed by atoms with Gasteiger partial charge in [-0.05, 0) is 30.7 Å². The van der Waals surface area contributed by atoms with E-state index in [4.69, 9.17) is 5.84 Å². The first-order valence-electron chi connectivity index (χ1n) is 7.31. The van der Waals surface area contributed by atoms with Crippen molar-refractivity contribution in [1.82, 2.24) is 14.9 Å². The van der Waals surface area contributed by atoms with E-state index in [1.54, 1.807) is 23.9 Å².